The van der Waals surface area contributed by atoms with E-state index in [4.69, 9.17) is 4.74 Å². The second-order valence-electron chi connectivity index (χ2n) is 6.05. The topological polar surface area (TPSA) is 38.3 Å². The summed E-state index contributed by atoms with van der Waals surface area (Å²) in [5.41, 5.74) is 0.668. The third-order valence-electron chi connectivity index (χ3n) is 4.66. The molecular formula is C17H23NO2. The minimum absolute atomic E-state index is 0.163. The molecule has 0 spiro atoms. The summed E-state index contributed by atoms with van der Waals surface area (Å²) in [6, 6.07) is 7.74. The Hall–Kier alpha value is -1.35. The van der Waals surface area contributed by atoms with Crippen LogP contribution in [0.5, 0.6) is 5.75 Å². The number of benzene rings is 1. The average Bonchev–Trinajstić information content (AvgIpc) is 3.32. The molecule has 1 saturated carbocycles. The molecule has 1 aromatic rings. The van der Waals surface area contributed by atoms with Crippen LogP contribution in [0.4, 0.5) is 0 Å². The van der Waals surface area contributed by atoms with E-state index in [-0.39, 0.29) is 5.41 Å². The number of ether oxygens (including phenoxy) is 1. The highest BCUT2D eigenvalue weighted by molar-refractivity contribution is 6.00. The number of carbonyl (C=O) groups is 1. The fourth-order valence-electron chi connectivity index (χ4n) is 3.02. The SMILES string of the molecule is CCC1(C(=O)c2ccc(OC3CC3)cc2)CCNCC1. The highest BCUT2D eigenvalue weighted by atomic mass is 16.5. The van der Waals surface area contributed by atoms with Gasteiger partial charge in [0, 0.05) is 11.0 Å². The fourth-order valence-corrected chi connectivity index (χ4v) is 3.02. The van der Waals surface area contributed by atoms with Crippen LogP contribution >= 0.6 is 0 Å². The average molecular weight is 273 g/mol. The molecule has 0 aromatic heterocycles. The van der Waals surface area contributed by atoms with Gasteiger partial charge in [0.1, 0.15) is 5.75 Å². The molecule has 0 atom stereocenters. The highest BCUT2D eigenvalue weighted by Gasteiger charge is 2.38. The zero-order valence-corrected chi connectivity index (χ0v) is 12.2. The van der Waals surface area contributed by atoms with Crippen LogP contribution in [-0.2, 0) is 0 Å². The van der Waals surface area contributed by atoms with Gasteiger partial charge in [-0.05, 0) is 69.5 Å². The van der Waals surface area contributed by atoms with Crippen LogP contribution in [0, 0.1) is 5.41 Å². The van der Waals surface area contributed by atoms with Crippen LogP contribution in [0.1, 0.15) is 49.4 Å². The summed E-state index contributed by atoms with van der Waals surface area (Å²) in [6.07, 6.45) is 5.54. The van der Waals surface area contributed by atoms with Gasteiger partial charge in [-0.15, -0.1) is 0 Å². The smallest absolute Gasteiger partial charge is 0.169 e. The first-order chi connectivity index (χ1) is 9.73. The lowest BCUT2D eigenvalue weighted by Gasteiger charge is -2.35. The summed E-state index contributed by atoms with van der Waals surface area (Å²) in [6.45, 7) is 4.03. The second-order valence-corrected chi connectivity index (χ2v) is 6.05. The van der Waals surface area contributed by atoms with Crippen LogP contribution in [0.2, 0.25) is 0 Å². The molecule has 1 saturated heterocycles. The van der Waals surface area contributed by atoms with Crippen LogP contribution in [0.15, 0.2) is 24.3 Å². The van der Waals surface area contributed by atoms with Crippen molar-refractivity contribution in [1.82, 2.24) is 5.32 Å². The van der Waals surface area contributed by atoms with E-state index in [0.29, 0.717) is 11.9 Å². The van der Waals surface area contributed by atoms with Gasteiger partial charge in [0.2, 0.25) is 0 Å². The maximum Gasteiger partial charge on any atom is 0.169 e. The third-order valence-corrected chi connectivity index (χ3v) is 4.66. The van der Waals surface area contributed by atoms with Crippen LogP contribution < -0.4 is 10.1 Å². The van der Waals surface area contributed by atoms with Gasteiger partial charge in [-0.1, -0.05) is 6.92 Å². The fraction of sp³-hybridized carbons (Fsp3) is 0.588. The molecule has 2 aliphatic rings. The van der Waals surface area contributed by atoms with Crippen molar-refractivity contribution in [2.45, 2.75) is 45.1 Å². The van der Waals surface area contributed by atoms with Crippen LogP contribution in [-0.4, -0.2) is 25.0 Å². The standard InChI is InChI=1S/C17H23NO2/c1-2-17(9-11-18-12-10-17)16(19)13-3-5-14(6-4-13)20-15-7-8-15/h3-6,15,18H,2,7-12H2,1H3. The molecule has 1 aliphatic carbocycles. The van der Waals surface area contributed by atoms with E-state index in [0.717, 1.165) is 56.5 Å². The number of carbonyl (C=O) groups excluding carboxylic acids is 1. The molecule has 3 rings (SSSR count). The van der Waals surface area contributed by atoms with Crippen molar-refractivity contribution >= 4 is 5.78 Å². The molecule has 2 fully saturated rings. The Kier molecular flexibility index (Phi) is 3.79. The number of ketones is 1. The van der Waals surface area contributed by atoms with Gasteiger partial charge >= 0.3 is 0 Å². The van der Waals surface area contributed by atoms with Crippen LogP contribution in [0.3, 0.4) is 0 Å². The van der Waals surface area contributed by atoms with E-state index in [9.17, 15) is 4.79 Å². The lowest BCUT2D eigenvalue weighted by Crippen LogP contribution is -2.41. The van der Waals surface area contributed by atoms with E-state index in [1.165, 1.54) is 0 Å². The minimum atomic E-state index is -0.163. The normalized spacial score (nSPS) is 21.4. The molecule has 0 amide bonds. The Bertz CT molecular complexity index is 470. The number of rotatable bonds is 5. The molecule has 20 heavy (non-hydrogen) atoms. The summed E-state index contributed by atoms with van der Waals surface area (Å²) in [4.78, 5) is 12.8. The first-order valence-corrected chi connectivity index (χ1v) is 7.76. The number of piperidine rings is 1. The summed E-state index contributed by atoms with van der Waals surface area (Å²) in [7, 11) is 0. The van der Waals surface area contributed by atoms with Gasteiger partial charge in [0.25, 0.3) is 0 Å². The minimum Gasteiger partial charge on any atom is -0.490 e. The Morgan fingerprint density at radius 2 is 1.90 bits per heavy atom. The zero-order chi connectivity index (χ0) is 14.0. The molecule has 0 bridgehead atoms. The predicted octanol–water partition coefficient (Wildman–Crippen LogP) is 3.19. The van der Waals surface area contributed by atoms with Gasteiger partial charge in [-0.2, -0.15) is 0 Å². The molecule has 3 heteroatoms. The number of hydrogen-bond acceptors (Lipinski definition) is 3. The zero-order valence-electron chi connectivity index (χ0n) is 12.2. The molecule has 1 aromatic carbocycles. The number of nitrogens with one attached hydrogen (secondary N) is 1. The van der Waals surface area contributed by atoms with Gasteiger partial charge in [0.15, 0.2) is 5.78 Å². The maximum absolute atomic E-state index is 12.8. The molecule has 0 unspecified atom stereocenters. The monoisotopic (exact) mass is 273 g/mol. The molecule has 0 radical (unpaired) electrons. The molecule has 1 aliphatic heterocycles. The van der Waals surface area contributed by atoms with Gasteiger partial charge < -0.3 is 10.1 Å². The van der Waals surface area contributed by atoms with E-state index in [1.54, 1.807) is 0 Å². The van der Waals surface area contributed by atoms with Crippen LogP contribution in [0.25, 0.3) is 0 Å². The Morgan fingerprint density at radius 1 is 1.25 bits per heavy atom. The van der Waals surface area contributed by atoms with Crippen molar-refractivity contribution in [2.75, 3.05) is 13.1 Å². The van der Waals surface area contributed by atoms with Crippen molar-refractivity contribution in [1.29, 1.82) is 0 Å². The van der Waals surface area contributed by atoms with Gasteiger partial charge in [0.05, 0.1) is 6.10 Å². The first kappa shape index (κ1) is 13.6. The van der Waals surface area contributed by atoms with Gasteiger partial charge in [-0.25, -0.2) is 0 Å². The maximum atomic E-state index is 12.8. The molecular weight excluding hydrogens is 250 g/mol. The summed E-state index contributed by atoms with van der Waals surface area (Å²) < 4.78 is 5.74. The lowest BCUT2D eigenvalue weighted by atomic mass is 9.71. The van der Waals surface area contributed by atoms with E-state index in [1.807, 2.05) is 24.3 Å². The van der Waals surface area contributed by atoms with E-state index in [2.05, 4.69) is 12.2 Å². The second kappa shape index (κ2) is 5.57. The van der Waals surface area contributed by atoms with Crippen molar-refractivity contribution in [3.8, 4) is 5.75 Å². The first-order valence-electron chi connectivity index (χ1n) is 7.76. The molecule has 3 nitrogen and oxygen atoms in total. The lowest BCUT2D eigenvalue weighted by molar-refractivity contribution is 0.0717. The largest absolute Gasteiger partial charge is 0.490 e. The van der Waals surface area contributed by atoms with Crippen molar-refractivity contribution in [2.24, 2.45) is 5.41 Å². The number of hydrogen-bond donors (Lipinski definition) is 1. The number of Topliss-reactive ketones (excluding diaryl/α,β-unsaturated/α-hetero) is 1. The molecule has 1 N–H and O–H groups in total. The Morgan fingerprint density at radius 3 is 2.45 bits per heavy atom. The summed E-state index contributed by atoms with van der Waals surface area (Å²) in [5.74, 6) is 1.19. The summed E-state index contributed by atoms with van der Waals surface area (Å²) in [5, 5.41) is 3.35. The van der Waals surface area contributed by atoms with Crippen molar-refractivity contribution < 1.29 is 9.53 Å². The predicted molar refractivity (Wildman–Crippen MR) is 79.3 cm³/mol. The summed E-state index contributed by atoms with van der Waals surface area (Å²) >= 11 is 0. The quantitative estimate of drug-likeness (QED) is 0.837. The Labute approximate surface area is 120 Å². The van der Waals surface area contributed by atoms with E-state index >= 15 is 0 Å². The molecule has 108 valence electrons. The Balaban J connectivity index is 1.74. The third kappa shape index (κ3) is 2.73. The van der Waals surface area contributed by atoms with Crippen molar-refractivity contribution in [3.05, 3.63) is 29.8 Å². The van der Waals surface area contributed by atoms with E-state index < -0.39 is 0 Å². The molecule has 1 heterocycles. The van der Waals surface area contributed by atoms with Gasteiger partial charge in [-0.3, -0.25) is 4.79 Å². The highest BCUT2D eigenvalue weighted by Crippen LogP contribution is 2.36. The van der Waals surface area contributed by atoms with Crippen molar-refractivity contribution in [3.63, 3.8) is 0 Å².